The van der Waals surface area contributed by atoms with Crippen molar-refractivity contribution in [2.75, 3.05) is 4.90 Å². The molecule has 0 unspecified atom stereocenters. The van der Waals surface area contributed by atoms with Crippen molar-refractivity contribution in [1.29, 1.82) is 0 Å². The average molecular weight is 340 g/mol. The maximum Gasteiger partial charge on any atom is 0.324 e. The van der Waals surface area contributed by atoms with Crippen molar-refractivity contribution in [3.05, 3.63) is 101 Å². The molecule has 3 aromatic rings. The molecule has 0 aliphatic rings. The molecule has 3 rings (SSSR count). The van der Waals surface area contributed by atoms with Crippen LogP contribution in [0.5, 0.6) is 0 Å². The van der Waals surface area contributed by atoms with Crippen molar-refractivity contribution in [2.45, 2.75) is 6.54 Å². The van der Waals surface area contributed by atoms with Crippen molar-refractivity contribution in [3.63, 3.8) is 0 Å². The summed E-state index contributed by atoms with van der Waals surface area (Å²) in [5.41, 5.74) is 0.00850. The van der Waals surface area contributed by atoms with E-state index in [2.05, 4.69) is 0 Å². The van der Waals surface area contributed by atoms with E-state index in [-0.39, 0.29) is 23.5 Å². The highest BCUT2D eigenvalue weighted by Gasteiger charge is 2.27. The van der Waals surface area contributed by atoms with Gasteiger partial charge in [0.2, 0.25) is 0 Å². The Bertz CT molecular complexity index is 915. The zero-order valence-electron chi connectivity index (χ0n) is 13.1. The molecule has 0 radical (unpaired) electrons. The first-order valence-corrected chi connectivity index (χ1v) is 7.56. The minimum absolute atomic E-state index is 0.0281. The summed E-state index contributed by atoms with van der Waals surface area (Å²) in [6.07, 6.45) is 1.18. The average Bonchev–Trinajstić information content (AvgIpc) is 2.62. The number of aromatic nitrogens is 1. The standard InChI is InChI=1S/C19H14F2N2O2/c20-15-8-2-1-7-14(15)13-22(17-10-4-3-9-16(17)21)19(24)18-11-5-6-12-23(18)25/h1-12H,13H2. The third-order valence-electron chi connectivity index (χ3n) is 3.72. The monoisotopic (exact) mass is 340 g/mol. The Morgan fingerprint density at radius 1 is 0.920 bits per heavy atom. The van der Waals surface area contributed by atoms with Crippen LogP contribution in [0, 0.1) is 16.8 Å². The fourth-order valence-corrected chi connectivity index (χ4v) is 2.47. The van der Waals surface area contributed by atoms with E-state index < -0.39 is 17.5 Å². The molecule has 126 valence electrons. The summed E-state index contributed by atoms with van der Waals surface area (Å²) in [5, 5.41) is 11.9. The van der Waals surface area contributed by atoms with Crippen LogP contribution in [0.15, 0.2) is 72.9 Å². The van der Waals surface area contributed by atoms with E-state index in [0.717, 1.165) is 4.90 Å². The molecule has 0 N–H and O–H groups in total. The van der Waals surface area contributed by atoms with Gasteiger partial charge >= 0.3 is 5.91 Å². The van der Waals surface area contributed by atoms with Gasteiger partial charge in [0.15, 0.2) is 6.20 Å². The quantitative estimate of drug-likeness (QED) is 0.539. The van der Waals surface area contributed by atoms with Gasteiger partial charge in [-0.2, -0.15) is 4.73 Å². The first-order valence-electron chi connectivity index (χ1n) is 7.56. The number of benzene rings is 2. The molecule has 0 aliphatic heterocycles. The molecule has 0 aliphatic carbocycles. The molecule has 2 aromatic carbocycles. The van der Waals surface area contributed by atoms with Gasteiger partial charge in [0, 0.05) is 17.7 Å². The molecule has 6 heteroatoms. The minimum atomic E-state index is -0.719. The number of rotatable bonds is 4. The van der Waals surface area contributed by atoms with Crippen LogP contribution in [-0.2, 0) is 6.54 Å². The number of nitrogens with zero attached hydrogens (tertiary/aromatic N) is 2. The Morgan fingerprint density at radius 2 is 1.56 bits per heavy atom. The number of pyridine rings is 1. The van der Waals surface area contributed by atoms with Crippen molar-refractivity contribution in [3.8, 4) is 0 Å². The van der Waals surface area contributed by atoms with E-state index in [1.54, 1.807) is 12.1 Å². The van der Waals surface area contributed by atoms with Crippen molar-refractivity contribution in [1.82, 2.24) is 0 Å². The van der Waals surface area contributed by atoms with Gasteiger partial charge in [0.1, 0.15) is 11.6 Å². The van der Waals surface area contributed by atoms with E-state index in [4.69, 9.17) is 0 Å². The second kappa shape index (κ2) is 7.09. The molecule has 1 heterocycles. The predicted octanol–water partition coefficient (Wildman–Crippen LogP) is 3.45. The highest BCUT2D eigenvalue weighted by molar-refractivity contribution is 6.03. The number of anilines is 1. The number of hydrogen-bond donors (Lipinski definition) is 0. The van der Waals surface area contributed by atoms with E-state index >= 15 is 0 Å². The zero-order valence-corrected chi connectivity index (χ0v) is 13.1. The largest absolute Gasteiger partial charge is 0.618 e. The second-order valence-electron chi connectivity index (χ2n) is 5.35. The van der Waals surface area contributed by atoms with Gasteiger partial charge < -0.3 is 5.21 Å². The van der Waals surface area contributed by atoms with Crippen LogP contribution < -0.4 is 9.63 Å². The van der Waals surface area contributed by atoms with Gasteiger partial charge in [-0.1, -0.05) is 30.3 Å². The maximum absolute atomic E-state index is 14.2. The lowest BCUT2D eigenvalue weighted by Gasteiger charge is -2.23. The van der Waals surface area contributed by atoms with Gasteiger partial charge in [-0.05, 0) is 24.3 Å². The SMILES string of the molecule is O=C(c1cccc[n+]1[O-])N(Cc1ccccc1F)c1ccccc1F. The molecule has 0 saturated heterocycles. The molecule has 0 atom stereocenters. The lowest BCUT2D eigenvalue weighted by Crippen LogP contribution is -2.41. The van der Waals surface area contributed by atoms with Crippen LogP contribution in [0.3, 0.4) is 0 Å². The molecule has 1 aromatic heterocycles. The Balaban J connectivity index is 2.06. The van der Waals surface area contributed by atoms with Crippen molar-refractivity contribution < 1.29 is 18.3 Å². The lowest BCUT2D eigenvalue weighted by molar-refractivity contribution is -0.607. The summed E-state index contributed by atoms with van der Waals surface area (Å²) in [7, 11) is 0. The molecule has 1 amide bonds. The summed E-state index contributed by atoms with van der Waals surface area (Å²) in [6, 6.07) is 15.9. The van der Waals surface area contributed by atoms with Crippen molar-refractivity contribution >= 4 is 11.6 Å². The van der Waals surface area contributed by atoms with Crippen LogP contribution in [0.25, 0.3) is 0 Å². The molecule has 0 spiro atoms. The Labute approximate surface area is 143 Å². The number of halogens is 2. The van der Waals surface area contributed by atoms with Gasteiger partial charge in [0.05, 0.1) is 12.2 Å². The number of carbonyl (C=O) groups excluding carboxylic acids is 1. The highest BCUT2D eigenvalue weighted by Crippen LogP contribution is 2.23. The van der Waals surface area contributed by atoms with E-state index in [0.29, 0.717) is 4.73 Å². The van der Waals surface area contributed by atoms with Gasteiger partial charge in [-0.25, -0.2) is 8.78 Å². The van der Waals surface area contributed by atoms with E-state index in [1.165, 1.54) is 60.8 Å². The summed E-state index contributed by atoms with van der Waals surface area (Å²) in [4.78, 5) is 13.9. The van der Waals surface area contributed by atoms with Crippen LogP contribution in [0.1, 0.15) is 16.1 Å². The molecular formula is C19H14F2N2O2. The van der Waals surface area contributed by atoms with Gasteiger partial charge in [-0.15, -0.1) is 0 Å². The third-order valence-corrected chi connectivity index (χ3v) is 3.72. The molecule has 25 heavy (non-hydrogen) atoms. The number of para-hydroxylation sites is 1. The smallest absolute Gasteiger partial charge is 0.324 e. The summed E-state index contributed by atoms with van der Waals surface area (Å²) < 4.78 is 28.7. The van der Waals surface area contributed by atoms with Gasteiger partial charge in [0.25, 0.3) is 5.69 Å². The number of carbonyl (C=O) groups is 1. The van der Waals surface area contributed by atoms with Gasteiger partial charge in [-0.3, -0.25) is 9.69 Å². The predicted molar refractivity (Wildman–Crippen MR) is 88.7 cm³/mol. The topological polar surface area (TPSA) is 47.2 Å². The zero-order chi connectivity index (χ0) is 17.8. The molecule has 4 nitrogen and oxygen atoms in total. The lowest BCUT2D eigenvalue weighted by atomic mass is 10.1. The van der Waals surface area contributed by atoms with Crippen LogP contribution in [-0.4, -0.2) is 5.91 Å². The first-order chi connectivity index (χ1) is 12.1. The molecular weight excluding hydrogens is 326 g/mol. The van der Waals surface area contributed by atoms with Crippen LogP contribution in [0.2, 0.25) is 0 Å². The summed E-state index contributed by atoms with van der Waals surface area (Å²) in [6.45, 7) is -0.207. The van der Waals surface area contributed by atoms with Crippen LogP contribution in [0.4, 0.5) is 14.5 Å². The summed E-state index contributed by atoms with van der Waals surface area (Å²) >= 11 is 0. The van der Waals surface area contributed by atoms with Crippen LogP contribution >= 0.6 is 0 Å². The van der Waals surface area contributed by atoms with E-state index in [1.807, 2.05) is 0 Å². The number of hydrogen-bond acceptors (Lipinski definition) is 2. The fraction of sp³-hybridized carbons (Fsp3) is 0.0526. The Hall–Kier alpha value is -3.28. The second-order valence-corrected chi connectivity index (χ2v) is 5.35. The highest BCUT2D eigenvalue weighted by atomic mass is 19.1. The minimum Gasteiger partial charge on any atom is -0.618 e. The third kappa shape index (κ3) is 3.47. The fourth-order valence-electron chi connectivity index (χ4n) is 2.47. The Kier molecular flexibility index (Phi) is 4.70. The van der Waals surface area contributed by atoms with E-state index in [9.17, 15) is 18.8 Å². The maximum atomic E-state index is 14.2. The molecule has 0 saturated carbocycles. The van der Waals surface area contributed by atoms with Crippen molar-refractivity contribution in [2.24, 2.45) is 0 Å². The molecule has 0 bridgehead atoms. The molecule has 0 fully saturated rings. The normalized spacial score (nSPS) is 10.5. The first kappa shape index (κ1) is 16.6. The Morgan fingerprint density at radius 3 is 2.24 bits per heavy atom. The number of amides is 1. The summed E-state index contributed by atoms with van der Waals surface area (Å²) in [5.74, 6) is -1.87.